The second kappa shape index (κ2) is 15.2. The molecule has 0 aromatic heterocycles. The van der Waals surface area contributed by atoms with E-state index in [9.17, 15) is 15.0 Å². The maximum atomic E-state index is 12.5. The van der Waals surface area contributed by atoms with Gasteiger partial charge in [0.25, 0.3) is 0 Å². The SMILES string of the molecule is CC(C)(C)CCN[C@@H](Cc1ccccc1)[C@H](O)CNC[C@@H](O)[C@H](Cc1ccccc1)NC(=O)OC(C)(C)C. The van der Waals surface area contributed by atoms with Gasteiger partial charge in [0.05, 0.1) is 18.2 Å². The molecule has 0 aliphatic heterocycles. The predicted octanol–water partition coefficient (Wildman–Crippen LogP) is 4.07. The number of benzene rings is 2. The zero-order valence-corrected chi connectivity index (χ0v) is 24.0. The number of nitrogens with one attached hydrogen (secondary N) is 3. The molecule has 5 N–H and O–H groups in total. The summed E-state index contributed by atoms with van der Waals surface area (Å²) in [6.45, 7) is 13.4. The largest absolute Gasteiger partial charge is 0.444 e. The molecule has 4 atom stereocenters. The highest BCUT2D eigenvalue weighted by Gasteiger charge is 2.26. The van der Waals surface area contributed by atoms with Gasteiger partial charge >= 0.3 is 6.09 Å². The van der Waals surface area contributed by atoms with Crippen LogP contribution >= 0.6 is 0 Å². The zero-order chi connectivity index (χ0) is 28.2. The standard InChI is InChI=1S/C31H49N3O4/c1-30(2,3)17-18-33-25(19-23-13-9-7-10-14-23)27(35)21-32-22-28(36)26(20-24-15-11-8-12-16-24)34-29(37)38-31(4,5)6/h7-16,25-28,32-33,35-36H,17-22H2,1-6H3,(H,34,37)/t25-,26-,27+,28+/m0/s1. The van der Waals surface area contributed by atoms with Crippen LogP contribution in [0.4, 0.5) is 4.79 Å². The van der Waals surface area contributed by atoms with Gasteiger partial charge in [-0.15, -0.1) is 0 Å². The van der Waals surface area contributed by atoms with Crippen molar-refractivity contribution in [2.75, 3.05) is 19.6 Å². The number of aliphatic hydroxyl groups is 2. The number of ether oxygens (including phenoxy) is 1. The molecule has 7 heteroatoms. The van der Waals surface area contributed by atoms with Crippen molar-refractivity contribution in [3.8, 4) is 0 Å². The molecule has 0 radical (unpaired) electrons. The molecule has 0 aliphatic carbocycles. The van der Waals surface area contributed by atoms with E-state index in [-0.39, 0.29) is 18.0 Å². The third kappa shape index (κ3) is 13.4. The Bertz CT molecular complexity index is 926. The molecule has 0 unspecified atom stereocenters. The Kier molecular flexibility index (Phi) is 12.7. The normalized spacial score (nSPS) is 15.4. The highest BCUT2D eigenvalue weighted by molar-refractivity contribution is 5.68. The van der Waals surface area contributed by atoms with E-state index in [1.807, 2.05) is 48.5 Å². The number of hydrogen-bond acceptors (Lipinski definition) is 6. The summed E-state index contributed by atoms with van der Waals surface area (Å²) in [5, 5.41) is 31.7. The molecular weight excluding hydrogens is 478 g/mol. The molecule has 2 aromatic rings. The molecule has 7 nitrogen and oxygen atoms in total. The maximum Gasteiger partial charge on any atom is 0.407 e. The Hall–Kier alpha value is -2.45. The fourth-order valence-electron chi connectivity index (χ4n) is 4.12. The van der Waals surface area contributed by atoms with Crippen molar-refractivity contribution < 1.29 is 19.7 Å². The van der Waals surface area contributed by atoms with Crippen LogP contribution in [0.3, 0.4) is 0 Å². The average Bonchev–Trinajstić information content (AvgIpc) is 2.82. The van der Waals surface area contributed by atoms with E-state index in [0.29, 0.717) is 19.4 Å². The van der Waals surface area contributed by atoms with Crippen molar-refractivity contribution in [3.05, 3.63) is 71.8 Å². The van der Waals surface area contributed by atoms with E-state index in [0.717, 1.165) is 24.1 Å². The Labute approximate surface area is 229 Å². The number of hydrogen-bond donors (Lipinski definition) is 5. The molecule has 0 bridgehead atoms. The fourth-order valence-corrected chi connectivity index (χ4v) is 4.12. The van der Waals surface area contributed by atoms with Gasteiger partial charge in [0, 0.05) is 19.1 Å². The second-order valence-electron chi connectivity index (χ2n) is 12.3. The minimum Gasteiger partial charge on any atom is -0.444 e. The topological polar surface area (TPSA) is 103 Å². The van der Waals surface area contributed by atoms with Gasteiger partial charge in [0.2, 0.25) is 0 Å². The lowest BCUT2D eigenvalue weighted by Crippen LogP contribution is -2.52. The van der Waals surface area contributed by atoms with E-state index < -0.39 is 29.9 Å². The number of rotatable bonds is 14. The van der Waals surface area contributed by atoms with Crippen LogP contribution in [0.15, 0.2) is 60.7 Å². The van der Waals surface area contributed by atoms with Crippen LogP contribution in [-0.2, 0) is 17.6 Å². The van der Waals surface area contributed by atoms with Crippen molar-refractivity contribution in [1.29, 1.82) is 0 Å². The van der Waals surface area contributed by atoms with E-state index in [2.05, 4.69) is 48.9 Å². The summed E-state index contributed by atoms with van der Waals surface area (Å²) < 4.78 is 5.42. The summed E-state index contributed by atoms with van der Waals surface area (Å²) in [5.41, 5.74) is 1.72. The minimum atomic E-state index is -0.878. The Balaban J connectivity index is 1.98. The lowest BCUT2D eigenvalue weighted by Gasteiger charge is -2.29. The molecule has 0 heterocycles. The van der Waals surface area contributed by atoms with Crippen LogP contribution in [0.2, 0.25) is 0 Å². The average molecular weight is 528 g/mol. The lowest BCUT2D eigenvalue weighted by atomic mass is 9.92. The lowest BCUT2D eigenvalue weighted by molar-refractivity contribution is 0.0415. The van der Waals surface area contributed by atoms with Gasteiger partial charge in [-0.25, -0.2) is 4.79 Å². The first-order chi connectivity index (χ1) is 17.8. The van der Waals surface area contributed by atoms with Crippen molar-refractivity contribution >= 4 is 6.09 Å². The fraction of sp³-hybridized carbons (Fsp3) is 0.581. The van der Waals surface area contributed by atoms with Gasteiger partial charge in [-0.05, 0) is 63.1 Å². The highest BCUT2D eigenvalue weighted by atomic mass is 16.6. The molecule has 0 aliphatic rings. The van der Waals surface area contributed by atoms with Gasteiger partial charge < -0.3 is 30.9 Å². The van der Waals surface area contributed by atoms with E-state index in [4.69, 9.17) is 4.74 Å². The van der Waals surface area contributed by atoms with Gasteiger partial charge in [0.15, 0.2) is 0 Å². The molecule has 212 valence electrons. The van der Waals surface area contributed by atoms with Gasteiger partial charge in [-0.3, -0.25) is 0 Å². The van der Waals surface area contributed by atoms with Crippen molar-refractivity contribution in [2.24, 2.45) is 5.41 Å². The Morgan fingerprint density at radius 1 is 0.789 bits per heavy atom. The molecule has 0 fully saturated rings. The van der Waals surface area contributed by atoms with Crippen LogP contribution < -0.4 is 16.0 Å². The van der Waals surface area contributed by atoms with Crippen LogP contribution in [0.1, 0.15) is 59.1 Å². The molecule has 2 aromatic carbocycles. The van der Waals surface area contributed by atoms with E-state index in [1.165, 1.54) is 0 Å². The predicted molar refractivity (Wildman–Crippen MR) is 154 cm³/mol. The smallest absolute Gasteiger partial charge is 0.407 e. The van der Waals surface area contributed by atoms with Gasteiger partial charge in [-0.1, -0.05) is 81.4 Å². The molecule has 0 saturated heterocycles. The van der Waals surface area contributed by atoms with Crippen LogP contribution in [0.5, 0.6) is 0 Å². The highest BCUT2D eigenvalue weighted by Crippen LogP contribution is 2.18. The Morgan fingerprint density at radius 3 is 1.74 bits per heavy atom. The number of alkyl carbamates (subject to hydrolysis) is 1. The summed E-state index contributed by atoms with van der Waals surface area (Å²) in [7, 11) is 0. The number of carbonyl (C=O) groups excluding carboxylic acids is 1. The number of carbonyl (C=O) groups is 1. The van der Waals surface area contributed by atoms with E-state index >= 15 is 0 Å². The van der Waals surface area contributed by atoms with E-state index in [1.54, 1.807) is 20.8 Å². The third-order valence-corrected chi connectivity index (χ3v) is 6.22. The maximum absolute atomic E-state index is 12.5. The summed E-state index contributed by atoms with van der Waals surface area (Å²) in [6, 6.07) is 19.2. The summed E-state index contributed by atoms with van der Waals surface area (Å²) in [5.74, 6) is 0. The van der Waals surface area contributed by atoms with Crippen LogP contribution in [0.25, 0.3) is 0 Å². The first-order valence-electron chi connectivity index (χ1n) is 13.7. The minimum absolute atomic E-state index is 0.135. The molecule has 0 saturated carbocycles. The second-order valence-corrected chi connectivity index (χ2v) is 12.3. The first-order valence-corrected chi connectivity index (χ1v) is 13.7. The first kappa shape index (κ1) is 31.8. The summed E-state index contributed by atoms with van der Waals surface area (Å²) in [6.07, 6.45) is 0.0480. The van der Waals surface area contributed by atoms with Crippen molar-refractivity contribution in [2.45, 2.75) is 90.7 Å². The van der Waals surface area contributed by atoms with Gasteiger partial charge in [-0.2, -0.15) is 0 Å². The van der Waals surface area contributed by atoms with Crippen LogP contribution in [0, 0.1) is 5.41 Å². The molecular formula is C31H49N3O4. The number of aliphatic hydroxyl groups excluding tert-OH is 2. The van der Waals surface area contributed by atoms with Crippen molar-refractivity contribution in [1.82, 2.24) is 16.0 Å². The Morgan fingerprint density at radius 2 is 1.26 bits per heavy atom. The monoisotopic (exact) mass is 527 g/mol. The molecule has 0 spiro atoms. The summed E-state index contributed by atoms with van der Waals surface area (Å²) in [4.78, 5) is 12.5. The number of amides is 1. The van der Waals surface area contributed by atoms with Crippen LogP contribution in [-0.4, -0.2) is 65.8 Å². The molecule has 2 rings (SSSR count). The third-order valence-electron chi connectivity index (χ3n) is 6.22. The molecule has 38 heavy (non-hydrogen) atoms. The van der Waals surface area contributed by atoms with Gasteiger partial charge in [0.1, 0.15) is 5.60 Å². The quantitative estimate of drug-likeness (QED) is 0.254. The summed E-state index contributed by atoms with van der Waals surface area (Å²) >= 11 is 0. The zero-order valence-electron chi connectivity index (χ0n) is 24.0. The van der Waals surface area contributed by atoms with Crippen molar-refractivity contribution in [3.63, 3.8) is 0 Å². The molecule has 1 amide bonds.